The number of piperazine rings is 1. The van der Waals surface area contributed by atoms with Gasteiger partial charge in [0.2, 0.25) is 5.95 Å². The van der Waals surface area contributed by atoms with Gasteiger partial charge in [-0.2, -0.15) is 4.98 Å². The number of nitrogens with two attached hydrogens (primary N) is 2. The van der Waals surface area contributed by atoms with E-state index in [1.54, 1.807) is 11.8 Å². The van der Waals surface area contributed by atoms with Crippen LogP contribution >= 0.6 is 24.0 Å². The van der Waals surface area contributed by atoms with Crippen molar-refractivity contribution < 1.29 is 0 Å². The highest BCUT2D eigenvalue weighted by Gasteiger charge is 2.20. The third-order valence-electron chi connectivity index (χ3n) is 4.68. The fraction of sp³-hybridized carbons (Fsp3) is 0.263. The summed E-state index contributed by atoms with van der Waals surface area (Å²) in [5, 5.41) is 0.821. The molecule has 0 bridgehead atoms. The Balaban J connectivity index is 1.34. The molecule has 1 fully saturated rings. The maximum atomic E-state index is 5.98. The molecule has 4 rings (SSSR count). The zero-order valence-electron chi connectivity index (χ0n) is 15.3. The Bertz CT molecular complexity index is 988. The quantitative estimate of drug-likeness (QED) is 0.630. The summed E-state index contributed by atoms with van der Waals surface area (Å²) in [7, 11) is 0. The van der Waals surface area contributed by atoms with Crippen LogP contribution in [0, 0.1) is 0 Å². The molecule has 4 N–H and O–H groups in total. The normalized spacial score (nSPS) is 14.4. The van der Waals surface area contributed by atoms with E-state index in [0.717, 1.165) is 58.5 Å². The minimum atomic E-state index is 0.193. The van der Waals surface area contributed by atoms with Crippen LogP contribution in [0.2, 0.25) is 0 Å². The van der Waals surface area contributed by atoms with Crippen LogP contribution < -0.4 is 16.4 Å². The van der Waals surface area contributed by atoms with Gasteiger partial charge in [-0.05, 0) is 29.8 Å². The van der Waals surface area contributed by atoms with E-state index in [4.69, 9.17) is 23.7 Å². The Morgan fingerprint density at radius 3 is 2.64 bits per heavy atom. The molecular formula is C19H21N7S2. The van der Waals surface area contributed by atoms with E-state index in [9.17, 15) is 0 Å². The van der Waals surface area contributed by atoms with Crippen LogP contribution in [0.3, 0.4) is 0 Å². The molecule has 1 aliphatic rings. The van der Waals surface area contributed by atoms with Gasteiger partial charge in [-0.1, -0.05) is 36.1 Å². The molecule has 9 heteroatoms. The Morgan fingerprint density at radius 1 is 1.07 bits per heavy atom. The predicted octanol–water partition coefficient (Wildman–Crippen LogP) is 2.53. The average Bonchev–Trinajstić information content (AvgIpc) is 2.73. The molecule has 0 aliphatic carbocycles. The van der Waals surface area contributed by atoms with E-state index < -0.39 is 0 Å². The summed E-state index contributed by atoms with van der Waals surface area (Å²) in [5.74, 6) is 2.40. The van der Waals surface area contributed by atoms with Crippen LogP contribution in [-0.2, 0) is 5.75 Å². The first-order valence-electron chi connectivity index (χ1n) is 8.99. The number of nitrogen functional groups attached to an aromatic ring is 2. The van der Waals surface area contributed by atoms with Gasteiger partial charge in [0, 0.05) is 43.5 Å². The Labute approximate surface area is 173 Å². The smallest absolute Gasteiger partial charge is 0.222 e. The molecule has 144 valence electrons. The van der Waals surface area contributed by atoms with Gasteiger partial charge in [0.25, 0.3) is 0 Å². The lowest BCUT2D eigenvalue weighted by Crippen LogP contribution is -2.47. The van der Waals surface area contributed by atoms with Gasteiger partial charge < -0.3 is 21.3 Å². The SMILES string of the molecule is Nc1nc(N)c2cc(CSC(=S)N3CCN(c4ccccn4)CC3)ccc2n1. The fourth-order valence-corrected chi connectivity index (χ4v) is 4.40. The number of fused-ring (bicyclic) bond motifs is 1. The third-order valence-corrected chi connectivity index (χ3v) is 6.27. The van der Waals surface area contributed by atoms with Crippen molar-refractivity contribution in [1.82, 2.24) is 19.9 Å². The van der Waals surface area contributed by atoms with Gasteiger partial charge in [0.1, 0.15) is 16.0 Å². The molecule has 0 amide bonds. The number of nitrogens with zero attached hydrogens (tertiary/aromatic N) is 5. The molecule has 3 aromatic rings. The molecular weight excluding hydrogens is 390 g/mol. The van der Waals surface area contributed by atoms with Crippen molar-refractivity contribution in [2.45, 2.75) is 5.75 Å². The molecule has 0 spiro atoms. The lowest BCUT2D eigenvalue weighted by molar-refractivity contribution is 0.396. The van der Waals surface area contributed by atoms with Crippen molar-refractivity contribution in [3.05, 3.63) is 48.2 Å². The van der Waals surface area contributed by atoms with Crippen LogP contribution in [-0.4, -0.2) is 50.4 Å². The highest BCUT2D eigenvalue weighted by Crippen LogP contribution is 2.24. The maximum absolute atomic E-state index is 5.98. The van der Waals surface area contributed by atoms with Crippen LogP contribution in [0.25, 0.3) is 10.9 Å². The van der Waals surface area contributed by atoms with E-state index in [0.29, 0.717) is 5.82 Å². The topological polar surface area (TPSA) is 97.2 Å². The molecule has 0 radical (unpaired) electrons. The summed E-state index contributed by atoms with van der Waals surface area (Å²) in [6.07, 6.45) is 1.83. The number of rotatable bonds is 3. The largest absolute Gasteiger partial charge is 0.383 e. The number of anilines is 3. The lowest BCUT2D eigenvalue weighted by Gasteiger charge is -2.36. The van der Waals surface area contributed by atoms with Crippen molar-refractivity contribution in [2.24, 2.45) is 0 Å². The van der Waals surface area contributed by atoms with E-state index in [-0.39, 0.29) is 5.95 Å². The summed E-state index contributed by atoms with van der Waals surface area (Å²) in [6.45, 7) is 3.65. The highest BCUT2D eigenvalue weighted by atomic mass is 32.2. The number of aromatic nitrogens is 3. The molecule has 0 unspecified atom stereocenters. The summed E-state index contributed by atoms with van der Waals surface area (Å²) in [5.41, 5.74) is 13.5. The standard InChI is InChI=1S/C19H21N7S2/c20-17-14-11-13(4-5-15(14)23-18(21)24-17)12-28-19(27)26-9-7-25(8-10-26)16-3-1-2-6-22-16/h1-6,11H,7-10,12H2,(H4,20,21,23,24). The Hall–Kier alpha value is -2.65. The zero-order chi connectivity index (χ0) is 19.5. The molecule has 3 heterocycles. The lowest BCUT2D eigenvalue weighted by atomic mass is 10.1. The van der Waals surface area contributed by atoms with Gasteiger partial charge in [-0.25, -0.2) is 9.97 Å². The monoisotopic (exact) mass is 411 g/mol. The third kappa shape index (κ3) is 4.10. The molecule has 7 nitrogen and oxygen atoms in total. The molecule has 2 aromatic heterocycles. The Morgan fingerprint density at radius 2 is 1.89 bits per heavy atom. The second-order valence-corrected chi connectivity index (χ2v) is 8.14. The number of hydrogen-bond acceptors (Lipinski definition) is 8. The van der Waals surface area contributed by atoms with Crippen LogP contribution in [0.5, 0.6) is 0 Å². The second kappa shape index (κ2) is 8.15. The summed E-state index contributed by atoms with van der Waals surface area (Å²) >= 11 is 7.32. The fourth-order valence-electron chi connectivity index (χ4n) is 3.20. The first kappa shape index (κ1) is 18.7. The number of benzene rings is 1. The van der Waals surface area contributed by atoms with Crippen molar-refractivity contribution >= 4 is 56.8 Å². The van der Waals surface area contributed by atoms with Crippen molar-refractivity contribution in [3.63, 3.8) is 0 Å². The number of thiocarbonyl (C=S) groups is 1. The van der Waals surface area contributed by atoms with Crippen LogP contribution in [0.15, 0.2) is 42.6 Å². The van der Waals surface area contributed by atoms with Crippen LogP contribution in [0.4, 0.5) is 17.6 Å². The second-order valence-electron chi connectivity index (χ2n) is 6.54. The van der Waals surface area contributed by atoms with Gasteiger partial charge in [-0.15, -0.1) is 0 Å². The molecule has 1 aromatic carbocycles. The minimum absolute atomic E-state index is 0.193. The van der Waals surface area contributed by atoms with E-state index >= 15 is 0 Å². The predicted molar refractivity (Wildman–Crippen MR) is 120 cm³/mol. The van der Waals surface area contributed by atoms with Crippen molar-refractivity contribution in [3.8, 4) is 0 Å². The van der Waals surface area contributed by atoms with Crippen molar-refractivity contribution in [1.29, 1.82) is 0 Å². The first-order valence-corrected chi connectivity index (χ1v) is 10.4. The van der Waals surface area contributed by atoms with E-state index in [1.165, 1.54) is 0 Å². The van der Waals surface area contributed by atoms with Crippen LogP contribution in [0.1, 0.15) is 5.56 Å². The Kier molecular flexibility index (Phi) is 5.45. The number of thioether (sulfide) groups is 1. The maximum Gasteiger partial charge on any atom is 0.222 e. The first-order chi connectivity index (χ1) is 13.6. The minimum Gasteiger partial charge on any atom is -0.383 e. The summed E-state index contributed by atoms with van der Waals surface area (Å²) in [6, 6.07) is 12.0. The summed E-state index contributed by atoms with van der Waals surface area (Å²) in [4.78, 5) is 17.2. The van der Waals surface area contributed by atoms with E-state index in [2.05, 4.69) is 24.8 Å². The zero-order valence-corrected chi connectivity index (χ0v) is 16.9. The number of hydrogen-bond donors (Lipinski definition) is 2. The van der Waals surface area contributed by atoms with E-state index in [1.807, 2.05) is 42.6 Å². The molecule has 1 saturated heterocycles. The molecule has 0 atom stereocenters. The summed E-state index contributed by atoms with van der Waals surface area (Å²) < 4.78 is 0.919. The highest BCUT2D eigenvalue weighted by molar-refractivity contribution is 8.22. The molecule has 28 heavy (non-hydrogen) atoms. The van der Waals surface area contributed by atoms with Gasteiger partial charge in [0.15, 0.2) is 0 Å². The molecule has 1 aliphatic heterocycles. The number of pyridine rings is 1. The van der Waals surface area contributed by atoms with Gasteiger partial charge in [-0.3, -0.25) is 0 Å². The van der Waals surface area contributed by atoms with Gasteiger partial charge >= 0.3 is 0 Å². The van der Waals surface area contributed by atoms with Crippen molar-refractivity contribution in [2.75, 3.05) is 42.5 Å². The average molecular weight is 412 g/mol. The molecule has 0 saturated carbocycles. The van der Waals surface area contributed by atoms with Gasteiger partial charge in [0.05, 0.1) is 5.52 Å².